The predicted molar refractivity (Wildman–Crippen MR) is 85.7 cm³/mol. The quantitative estimate of drug-likeness (QED) is 0.829. The maximum absolute atomic E-state index is 6.30. The summed E-state index contributed by atoms with van der Waals surface area (Å²) in [6.07, 6.45) is 0.923. The molecule has 1 heterocycles. The first-order valence-corrected chi connectivity index (χ1v) is 7.54. The molecule has 1 aliphatic heterocycles. The van der Waals surface area contributed by atoms with E-state index in [4.69, 9.17) is 32.7 Å². The third kappa shape index (κ3) is 3.04. The number of benzene rings is 2. The Morgan fingerprint density at radius 1 is 1.10 bits per heavy atom. The summed E-state index contributed by atoms with van der Waals surface area (Å²) in [5.41, 5.74) is 2.00. The second kappa shape index (κ2) is 6.04. The fourth-order valence-electron chi connectivity index (χ4n) is 2.33. The van der Waals surface area contributed by atoms with Gasteiger partial charge in [0, 0.05) is 17.2 Å². The van der Waals surface area contributed by atoms with Crippen LogP contribution in [-0.4, -0.2) is 6.79 Å². The standard InChI is InChI=1S/C16H15Cl2NO2/c1-2-13(10-3-5-11(17)6-4-10)19-14-8-16-15(7-12(14)18)20-9-21-16/h3-8,13,19H,2,9H2,1H3. The van der Waals surface area contributed by atoms with Crippen LogP contribution >= 0.6 is 23.2 Å². The molecule has 0 aromatic heterocycles. The molecule has 0 radical (unpaired) electrons. The highest BCUT2D eigenvalue weighted by Crippen LogP contribution is 2.40. The van der Waals surface area contributed by atoms with E-state index in [1.165, 1.54) is 0 Å². The van der Waals surface area contributed by atoms with Crippen molar-refractivity contribution in [2.75, 3.05) is 12.1 Å². The molecule has 0 fully saturated rings. The first-order valence-electron chi connectivity index (χ1n) is 6.78. The van der Waals surface area contributed by atoms with Crippen molar-refractivity contribution in [2.45, 2.75) is 19.4 Å². The van der Waals surface area contributed by atoms with E-state index in [-0.39, 0.29) is 12.8 Å². The van der Waals surface area contributed by atoms with Crippen LogP contribution in [0.5, 0.6) is 11.5 Å². The van der Waals surface area contributed by atoms with Crippen LogP contribution < -0.4 is 14.8 Å². The highest BCUT2D eigenvalue weighted by atomic mass is 35.5. The van der Waals surface area contributed by atoms with Gasteiger partial charge in [-0.3, -0.25) is 0 Å². The summed E-state index contributed by atoms with van der Waals surface area (Å²) in [6.45, 7) is 2.36. The van der Waals surface area contributed by atoms with Gasteiger partial charge in [-0.1, -0.05) is 42.3 Å². The van der Waals surface area contributed by atoms with Crippen molar-refractivity contribution in [1.29, 1.82) is 0 Å². The van der Waals surface area contributed by atoms with Crippen LogP contribution in [0.15, 0.2) is 36.4 Å². The number of rotatable bonds is 4. The van der Waals surface area contributed by atoms with Gasteiger partial charge in [0.15, 0.2) is 11.5 Å². The van der Waals surface area contributed by atoms with Gasteiger partial charge < -0.3 is 14.8 Å². The molecular formula is C16H15Cl2NO2. The molecule has 1 atom stereocenters. The summed E-state index contributed by atoms with van der Waals surface area (Å²) < 4.78 is 10.7. The van der Waals surface area contributed by atoms with Crippen molar-refractivity contribution in [1.82, 2.24) is 0 Å². The fourth-order valence-corrected chi connectivity index (χ4v) is 2.67. The third-order valence-electron chi connectivity index (χ3n) is 3.47. The molecule has 0 saturated heterocycles. The van der Waals surface area contributed by atoms with E-state index in [0.717, 1.165) is 22.7 Å². The number of nitrogens with one attached hydrogen (secondary N) is 1. The molecule has 5 heteroatoms. The second-order valence-corrected chi connectivity index (χ2v) is 5.69. The number of ether oxygens (including phenoxy) is 2. The smallest absolute Gasteiger partial charge is 0.231 e. The number of halogens is 2. The van der Waals surface area contributed by atoms with Gasteiger partial charge in [0.2, 0.25) is 6.79 Å². The van der Waals surface area contributed by atoms with Crippen molar-refractivity contribution in [3.63, 3.8) is 0 Å². The van der Waals surface area contributed by atoms with Gasteiger partial charge in [-0.15, -0.1) is 0 Å². The number of fused-ring (bicyclic) bond motifs is 1. The molecule has 0 saturated carbocycles. The van der Waals surface area contributed by atoms with Gasteiger partial charge in [0.05, 0.1) is 16.8 Å². The van der Waals surface area contributed by atoms with Crippen LogP contribution in [0.4, 0.5) is 5.69 Å². The Morgan fingerprint density at radius 2 is 1.76 bits per heavy atom. The van der Waals surface area contributed by atoms with Crippen molar-refractivity contribution in [3.8, 4) is 11.5 Å². The molecule has 1 aliphatic rings. The van der Waals surface area contributed by atoms with E-state index in [1.807, 2.05) is 30.3 Å². The molecule has 2 aromatic carbocycles. The average molecular weight is 324 g/mol. The minimum absolute atomic E-state index is 0.153. The van der Waals surface area contributed by atoms with Crippen molar-refractivity contribution in [3.05, 3.63) is 52.0 Å². The van der Waals surface area contributed by atoms with Crippen molar-refractivity contribution >= 4 is 28.9 Å². The van der Waals surface area contributed by atoms with Gasteiger partial charge in [0.25, 0.3) is 0 Å². The molecule has 2 aromatic rings. The molecule has 0 aliphatic carbocycles. The molecule has 3 nitrogen and oxygen atoms in total. The molecule has 0 bridgehead atoms. The topological polar surface area (TPSA) is 30.5 Å². The Labute approximate surface area is 133 Å². The number of anilines is 1. The lowest BCUT2D eigenvalue weighted by Gasteiger charge is -2.20. The summed E-state index contributed by atoms with van der Waals surface area (Å²) >= 11 is 12.2. The van der Waals surface area contributed by atoms with Crippen molar-refractivity contribution in [2.24, 2.45) is 0 Å². The maximum atomic E-state index is 6.30. The minimum Gasteiger partial charge on any atom is -0.454 e. The van der Waals surface area contributed by atoms with E-state index >= 15 is 0 Å². The number of hydrogen-bond donors (Lipinski definition) is 1. The van der Waals surface area contributed by atoms with Crippen LogP contribution in [0, 0.1) is 0 Å². The lowest BCUT2D eigenvalue weighted by Crippen LogP contribution is -2.09. The average Bonchev–Trinajstić information content (AvgIpc) is 2.93. The summed E-state index contributed by atoms with van der Waals surface area (Å²) in [6, 6.07) is 11.6. The maximum Gasteiger partial charge on any atom is 0.231 e. The highest BCUT2D eigenvalue weighted by molar-refractivity contribution is 6.33. The van der Waals surface area contributed by atoms with Crippen LogP contribution in [0.25, 0.3) is 0 Å². The van der Waals surface area contributed by atoms with Crippen LogP contribution in [0.3, 0.4) is 0 Å². The SMILES string of the molecule is CCC(Nc1cc2c(cc1Cl)OCO2)c1ccc(Cl)cc1. The second-order valence-electron chi connectivity index (χ2n) is 4.84. The lowest BCUT2D eigenvalue weighted by atomic mass is 10.0. The Morgan fingerprint density at radius 3 is 2.43 bits per heavy atom. The minimum atomic E-state index is 0.153. The molecule has 110 valence electrons. The van der Waals surface area contributed by atoms with E-state index in [0.29, 0.717) is 16.5 Å². The monoisotopic (exact) mass is 323 g/mol. The van der Waals surface area contributed by atoms with Crippen molar-refractivity contribution < 1.29 is 9.47 Å². The van der Waals surface area contributed by atoms with E-state index < -0.39 is 0 Å². The Kier molecular flexibility index (Phi) is 4.13. The lowest BCUT2D eigenvalue weighted by molar-refractivity contribution is 0.174. The first kappa shape index (κ1) is 14.4. The van der Waals surface area contributed by atoms with Gasteiger partial charge >= 0.3 is 0 Å². The molecule has 0 spiro atoms. The van der Waals surface area contributed by atoms with Crippen LogP contribution in [0.2, 0.25) is 10.0 Å². The third-order valence-corrected chi connectivity index (χ3v) is 4.04. The molecule has 1 N–H and O–H groups in total. The first-order chi connectivity index (χ1) is 10.2. The molecular weight excluding hydrogens is 309 g/mol. The zero-order valence-corrected chi connectivity index (χ0v) is 13.0. The molecule has 1 unspecified atom stereocenters. The van der Waals surface area contributed by atoms with Gasteiger partial charge in [-0.05, 0) is 24.1 Å². The summed E-state index contributed by atoms with van der Waals surface area (Å²) in [5, 5.41) is 4.80. The van der Waals surface area contributed by atoms with Gasteiger partial charge in [-0.25, -0.2) is 0 Å². The molecule has 3 rings (SSSR count). The Hall–Kier alpha value is -1.58. The van der Waals surface area contributed by atoms with Crippen LogP contribution in [-0.2, 0) is 0 Å². The molecule has 0 amide bonds. The van der Waals surface area contributed by atoms with Gasteiger partial charge in [-0.2, -0.15) is 0 Å². The summed E-state index contributed by atoms with van der Waals surface area (Å²) in [7, 11) is 0. The zero-order valence-electron chi connectivity index (χ0n) is 11.5. The number of hydrogen-bond acceptors (Lipinski definition) is 3. The highest BCUT2D eigenvalue weighted by Gasteiger charge is 2.18. The van der Waals surface area contributed by atoms with Crippen LogP contribution in [0.1, 0.15) is 24.9 Å². The van der Waals surface area contributed by atoms with E-state index in [9.17, 15) is 0 Å². The predicted octanol–water partition coefficient (Wildman–Crippen LogP) is 5.29. The Bertz CT molecular complexity index is 643. The Balaban J connectivity index is 1.85. The summed E-state index contributed by atoms with van der Waals surface area (Å²) in [4.78, 5) is 0. The summed E-state index contributed by atoms with van der Waals surface area (Å²) in [5.74, 6) is 1.40. The van der Waals surface area contributed by atoms with Gasteiger partial charge in [0.1, 0.15) is 0 Å². The van der Waals surface area contributed by atoms with E-state index in [2.05, 4.69) is 12.2 Å². The van der Waals surface area contributed by atoms with E-state index in [1.54, 1.807) is 6.07 Å². The largest absolute Gasteiger partial charge is 0.454 e. The zero-order chi connectivity index (χ0) is 14.8. The molecule has 21 heavy (non-hydrogen) atoms. The normalized spacial score (nSPS) is 14.0. The fraction of sp³-hybridized carbons (Fsp3) is 0.250.